The molecule has 2 N–H and O–H groups in total. The van der Waals surface area contributed by atoms with Gasteiger partial charge in [0.1, 0.15) is 0 Å². The molecular weight excluding hydrogens is 278 g/mol. The molecule has 0 bridgehead atoms. The molecule has 0 amide bonds. The number of nitrogens with one attached hydrogen (secondary N) is 2. The summed E-state index contributed by atoms with van der Waals surface area (Å²) in [6.45, 7) is 8.74. The van der Waals surface area contributed by atoms with Crippen molar-refractivity contribution in [2.24, 2.45) is 0 Å². The number of hydrogen-bond acceptors (Lipinski definition) is 2. The van der Waals surface area contributed by atoms with Crippen molar-refractivity contribution in [3.8, 4) is 0 Å². The molecule has 1 fully saturated rings. The molecule has 1 aliphatic heterocycles. The monoisotopic (exact) mass is 305 g/mol. The number of aryl methyl sites for hydroxylation is 1. The highest BCUT2D eigenvalue weighted by Gasteiger charge is 2.18. The molecule has 0 aromatic heterocycles. The SMILES string of the molecule is CCCN1CCC(NC(=S)NCc2ccc(C)cc2)CC1. The Morgan fingerprint density at radius 3 is 2.52 bits per heavy atom. The Hall–Kier alpha value is -1.13. The Balaban J connectivity index is 1.67. The second-order valence-electron chi connectivity index (χ2n) is 5.93. The highest BCUT2D eigenvalue weighted by Crippen LogP contribution is 2.10. The molecule has 21 heavy (non-hydrogen) atoms. The van der Waals surface area contributed by atoms with Crippen molar-refractivity contribution < 1.29 is 0 Å². The maximum atomic E-state index is 5.40. The van der Waals surface area contributed by atoms with Crippen LogP contribution in [-0.2, 0) is 6.54 Å². The minimum absolute atomic E-state index is 0.524. The summed E-state index contributed by atoms with van der Waals surface area (Å²) in [6, 6.07) is 9.09. The van der Waals surface area contributed by atoms with Crippen LogP contribution in [0.15, 0.2) is 24.3 Å². The van der Waals surface area contributed by atoms with Gasteiger partial charge in [0.15, 0.2) is 5.11 Å². The topological polar surface area (TPSA) is 27.3 Å². The van der Waals surface area contributed by atoms with Gasteiger partial charge < -0.3 is 15.5 Å². The molecule has 0 atom stereocenters. The van der Waals surface area contributed by atoms with E-state index >= 15 is 0 Å². The summed E-state index contributed by atoms with van der Waals surface area (Å²) in [7, 11) is 0. The lowest BCUT2D eigenvalue weighted by Gasteiger charge is -2.32. The Bertz CT molecular complexity index is 436. The third kappa shape index (κ3) is 5.64. The van der Waals surface area contributed by atoms with Gasteiger partial charge in [-0.05, 0) is 50.5 Å². The zero-order valence-corrected chi connectivity index (χ0v) is 14.0. The smallest absolute Gasteiger partial charge is 0.166 e. The second kappa shape index (κ2) is 8.35. The fraction of sp³-hybridized carbons (Fsp3) is 0.588. The summed E-state index contributed by atoms with van der Waals surface area (Å²) in [5.74, 6) is 0. The maximum Gasteiger partial charge on any atom is 0.166 e. The fourth-order valence-electron chi connectivity index (χ4n) is 2.74. The first-order valence-electron chi connectivity index (χ1n) is 7.99. The summed E-state index contributed by atoms with van der Waals surface area (Å²) in [5, 5.41) is 7.55. The van der Waals surface area contributed by atoms with Gasteiger partial charge in [0, 0.05) is 25.7 Å². The lowest BCUT2D eigenvalue weighted by Crippen LogP contribution is -2.47. The summed E-state index contributed by atoms with van der Waals surface area (Å²) < 4.78 is 0. The van der Waals surface area contributed by atoms with Gasteiger partial charge in [-0.3, -0.25) is 0 Å². The summed E-state index contributed by atoms with van der Waals surface area (Å²) in [4.78, 5) is 2.54. The first-order valence-corrected chi connectivity index (χ1v) is 8.40. The molecule has 0 saturated carbocycles. The van der Waals surface area contributed by atoms with Gasteiger partial charge in [-0.15, -0.1) is 0 Å². The third-order valence-corrected chi connectivity index (χ3v) is 4.30. The van der Waals surface area contributed by atoms with Crippen LogP contribution in [-0.4, -0.2) is 35.7 Å². The minimum Gasteiger partial charge on any atom is -0.360 e. The van der Waals surface area contributed by atoms with Crippen molar-refractivity contribution in [3.63, 3.8) is 0 Å². The van der Waals surface area contributed by atoms with Crippen molar-refractivity contribution >= 4 is 17.3 Å². The summed E-state index contributed by atoms with van der Waals surface area (Å²) in [5.41, 5.74) is 2.56. The van der Waals surface area contributed by atoms with Gasteiger partial charge in [0.25, 0.3) is 0 Å². The average molecular weight is 305 g/mol. The lowest BCUT2D eigenvalue weighted by molar-refractivity contribution is 0.206. The molecule has 1 aromatic carbocycles. The number of likely N-dealkylation sites (tertiary alicyclic amines) is 1. The van der Waals surface area contributed by atoms with Crippen molar-refractivity contribution in [2.75, 3.05) is 19.6 Å². The highest BCUT2D eigenvalue weighted by molar-refractivity contribution is 7.80. The zero-order valence-electron chi connectivity index (χ0n) is 13.2. The highest BCUT2D eigenvalue weighted by atomic mass is 32.1. The molecule has 0 unspecified atom stereocenters. The van der Waals surface area contributed by atoms with Gasteiger partial charge in [-0.25, -0.2) is 0 Å². The van der Waals surface area contributed by atoms with E-state index in [1.165, 1.54) is 50.0 Å². The van der Waals surface area contributed by atoms with E-state index < -0.39 is 0 Å². The van der Waals surface area contributed by atoms with Crippen molar-refractivity contribution in [1.82, 2.24) is 15.5 Å². The number of piperidine rings is 1. The number of nitrogens with zero attached hydrogens (tertiary/aromatic N) is 1. The largest absolute Gasteiger partial charge is 0.360 e. The molecule has 0 radical (unpaired) electrons. The van der Waals surface area contributed by atoms with E-state index in [2.05, 4.69) is 53.6 Å². The van der Waals surface area contributed by atoms with E-state index in [0.29, 0.717) is 6.04 Å². The zero-order chi connectivity index (χ0) is 15.1. The van der Waals surface area contributed by atoms with Crippen molar-refractivity contribution in [3.05, 3.63) is 35.4 Å². The van der Waals surface area contributed by atoms with E-state index in [0.717, 1.165) is 11.7 Å². The molecule has 116 valence electrons. The minimum atomic E-state index is 0.524. The fourth-order valence-corrected chi connectivity index (χ4v) is 2.98. The number of thiocarbonyl (C=S) groups is 1. The van der Waals surface area contributed by atoms with E-state index in [-0.39, 0.29) is 0 Å². The van der Waals surface area contributed by atoms with Crippen LogP contribution in [0.4, 0.5) is 0 Å². The van der Waals surface area contributed by atoms with E-state index in [1.54, 1.807) is 0 Å². The molecule has 1 heterocycles. The third-order valence-electron chi connectivity index (χ3n) is 4.04. The van der Waals surface area contributed by atoms with Crippen LogP contribution in [0, 0.1) is 6.92 Å². The van der Waals surface area contributed by atoms with Crippen molar-refractivity contribution in [2.45, 2.75) is 45.7 Å². The van der Waals surface area contributed by atoms with Gasteiger partial charge in [0.2, 0.25) is 0 Å². The standard InChI is InChI=1S/C17H27N3S/c1-3-10-20-11-8-16(9-12-20)19-17(21)18-13-15-6-4-14(2)5-7-15/h4-7,16H,3,8-13H2,1-2H3,(H2,18,19,21). The van der Waals surface area contributed by atoms with Crippen molar-refractivity contribution in [1.29, 1.82) is 0 Å². The summed E-state index contributed by atoms with van der Waals surface area (Å²) >= 11 is 5.40. The number of benzene rings is 1. The van der Waals surface area contributed by atoms with E-state index in [9.17, 15) is 0 Å². The number of hydrogen-bond donors (Lipinski definition) is 2. The van der Waals surface area contributed by atoms with Crippen LogP contribution in [0.3, 0.4) is 0 Å². The quantitative estimate of drug-likeness (QED) is 0.818. The Morgan fingerprint density at radius 1 is 1.24 bits per heavy atom. The Morgan fingerprint density at radius 2 is 1.90 bits per heavy atom. The van der Waals surface area contributed by atoms with Gasteiger partial charge in [-0.1, -0.05) is 36.8 Å². The molecule has 0 aliphatic carbocycles. The van der Waals surface area contributed by atoms with Crippen LogP contribution in [0.1, 0.15) is 37.3 Å². The van der Waals surface area contributed by atoms with Crippen LogP contribution in [0.25, 0.3) is 0 Å². The van der Waals surface area contributed by atoms with Crippen LogP contribution < -0.4 is 10.6 Å². The van der Waals surface area contributed by atoms with Gasteiger partial charge >= 0.3 is 0 Å². The Kier molecular flexibility index (Phi) is 6.46. The van der Waals surface area contributed by atoms with E-state index in [4.69, 9.17) is 12.2 Å². The molecule has 3 nitrogen and oxygen atoms in total. The van der Waals surface area contributed by atoms with Gasteiger partial charge in [0.05, 0.1) is 0 Å². The lowest BCUT2D eigenvalue weighted by atomic mass is 10.1. The summed E-state index contributed by atoms with van der Waals surface area (Å²) in [6.07, 6.45) is 3.62. The van der Waals surface area contributed by atoms with Crippen LogP contribution >= 0.6 is 12.2 Å². The molecule has 1 aliphatic rings. The first kappa shape index (κ1) is 16.2. The second-order valence-corrected chi connectivity index (χ2v) is 6.34. The molecule has 1 aromatic rings. The average Bonchev–Trinajstić information content (AvgIpc) is 2.49. The Labute approximate surface area is 134 Å². The first-order chi connectivity index (χ1) is 10.2. The maximum absolute atomic E-state index is 5.40. The van der Waals surface area contributed by atoms with E-state index in [1.807, 2.05) is 0 Å². The predicted octanol–water partition coefficient (Wildman–Crippen LogP) is 2.83. The number of rotatable bonds is 5. The molecule has 4 heteroatoms. The predicted molar refractivity (Wildman–Crippen MR) is 93.5 cm³/mol. The molecular formula is C17H27N3S. The normalized spacial score (nSPS) is 16.7. The van der Waals surface area contributed by atoms with Crippen LogP contribution in [0.5, 0.6) is 0 Å². The van der Waals surface area contributed by atoms with Gasteiger partial charge in [-0.2, -0.15) is 0 Å². The van der Waals surface area contributed by atoms with Crippen LogP contribution in [0.2, 0.25) is 0 Å². The molecule has 0 spiro atoms. The molecule has 1 saturated heterocycles. The molecule has 2 rings (SSSR count).